The lowest BCUT2D eigenvalue weighted by molar-refractivity contribution is 0.0600. The number of carbonyl (C=O) groups excluding carboxylic acids is 3. The normalized spacial score (nSPS) is 10.5. The van der Waals surface area contributed by atoms with Crippen LogP contribution in [0, 0.1) is 0 Å². The van der Waals surface area contributed by atoms with E-state index in [4.69, 9.17) is 16.3 Å². The Labute approximate surface area is 206 Å². The molecule has 0 radical (unpaired) electrons. The first-order valence-corrected chi connectivity index (χ1v) is 10.9. The van der Waals surface area contributed by atoms with Gasteiger partial charge in [-0.1, -0.05) is 41.9 Å². The topological polar surface area (TPSA) is 102 Å². The molecule has 0 saturated carbocycles. The summed E-state index contributed by atoms with van der Waals surface area (Å²) in [6, 6.07) is 22.0. The van der Waals surface area contributed by atoms with E-state index in [1.54, 1.807) is 72.4 Å². The number of rotatable bonds is 6. The zero-order valence-corrected chi connectivity index (χ0v) is 19.7. The van der Waals surface area contributed by atoms with E-state index in [0.717, 1.165) is 5.56 Å². The third-order valence-electron chi connectivity index (χ3n) is 5.22. The third-order valence-corrected chi connectivity index (χ3v) is 5.55. The van der Waals surface area contributed by atoms with Crippen molar-refractivity contribution in [3.05, 3.63) is 101 Å². The van der Waals surface area contributed by atoms with Crippen LogP contribution in [0.15, 0.2) is 78.9 Å². The van der Waals surface area contributed by atoms with E-state index in [-0.39, 0.29) is 17.4 Å². The van der Waals surface area contributed by atoms with Crippen LogP contribution in [0.4, 0.5) is 11.5 Å². The zero-order valence-electron chi connectivity index (χ0n) is 18.9. The number of benzene rings is 3. The Balaban J connectivity index is 1.46. The molecule has 0 aliphatic heterocycles. The van der Waals surface area contributed by atoms with Gasteiger partial charge in [0, 0.05) is 29.9 Å². The molecule has 0 spiro atoms. The highest BCUT2D eigenvalue weighted by atomic mass is 35.5. The largest absolute Gasteiger partial charge is 0.465 e. The van der Waals surface area contributed by atoms with E-state index >= 15 is 0 Å². The van der Waals surface area contributed by atoms with Crippen molar-refractivity contribution >= 4 is 40.9 Å². The summed E-state index contributed by atoms with van der Waals surface area (Å²) in [7, 11) is 2.99. The lowest BCUT2D eigenvalue weighted by atomic mass is 10.1. The molecular formula is C26H21ClN4O4. The number of esters is 1. The summed E-state index contributed by atoms with van der Waals surface area (Å²) in [5.74, 6) is -0.732. The summed E-state index contributed by atoms with van der Waals surface area (Å²) in [6.07, 6.45) is 0. The van der Waals surface area contributed by atoms with Crippen molar-refractivity contribution in [1.82, 2.24) is 9.78 Å². The average molecular weight is 489 g/mol. The average Bonchev–Trinajstić information content (AvgIpc) is 3.24. The minimum absolute atomic E-state index is 0.285. The number of nitrogens with zero attached hydrogens (tertiary/aromatic N) is 2. The summed E-state index contributed by atoms with van der Waals surface area (Å²) in [5, 5.41) is 10.5. The predicted molar refractivity (Wildman–Crippen MR) is 134 cm³/mol. The van der Waals surface area contributed by atoms with Crippen molar-refractivity contribution in [2.24, 2.45) is 7.05 Å². The maximum atomic E-state index is 12.7. The Bertz CT molecular complexity index is 1410. The van der Waals surface area contributed by atoms with Crippen LogP contribution >= 0.6 is 11.6 Å². The van der Waals surface area contributed by atoms with E-state index in [1.165, 1.54) is 13.2 Å². The smallest absolute Gasteiger partial charge is 0.337 e. The van der Waals surface area contributed by atoms with Crippen LogP contribution < -0.4 is 10.6 Å². The summed E-state index contributed by atoms with van der Waals surface area (Å²) in [5.41, 5.74) is 3.02. The number of aromatic nitrogens is 2. The molecule has 0 fully saturated rings. The van der Waals surface area contributed by atoms with E-state index in [0.29, 0.717) is 33.3 Å². The number of aryl methyl sites for hydroxylation is 1. The molecule has 0 aliphatic rings. The van der Waals surface area contributed by atoms with Gasteiger partial charge in [-0.15, -0.1) is 0 Å². The summed E-state index contributed by atoms with van der Waals surface area (Å²) < 4.78 is 6.25. The second-order valence-corrected chi connectivity index (χ2v) is 7.98. The highest BCUT2D eigenvalue weighted by Crippen LogP contribution is 2.24. The number of anilines is 2. The summed E-state index contributed by atoms with van der Waals surface area (Å²) in [6.45, 7) is 0. The van der Waals surface area contributed by atoms with Crippen molar-refractivity contribution in [3.8, 4) is 11.3 Å². The first-order chi connectivity index (χ1) is 16.9. The Hall–Kier alpha value is -4.43. The standard InChI is InChI=1S/C26H21ClN4O4/c1-31-23(29-24(32)17-6-5-7-18(14-17)26(34)35-2)15-22(30-31)16-10-12-19(13-11-16)28-25(33)20-8-3-4-9-21(20)27/h3-15H,1-2H3,(H,28,33)(H,29,32). The van der Waals surface area contributed by atoms with Gasteiger partial charge in [-0.05, 0) is 42.5 Å². The fourth-order valence-electron chi connectivity index (χ4n) is 3.39. The second-order valence-electron chi connectivity index (χ2n) is 7.58. The SMILES string of the molecule is COC(=O)c1cccc(C(=O)Nc2cc(-c3ccc(NC(=O)c4ccccc4Cl)cc3)nn2C)c1. The Morgan fingerprint density at radius 2 is 1.57 bits per heavy atom. The molecule has 2 N–H and O–H groups in total. The third kappa shape index (κ3) is 5.39. The lowest BCUT2D eigenvalue weighted by Crippen LogP contribution is -2.15. The molecule has 1 heterocycles. The molecule has 35 heavy (non-hydrogen) atoms. The van der Waals surface area contributed by atoms with Crippen molar-refractivity contribution in [2.75, 3.05) is 17.7 Å². The van der Waals surface area contributed by atoms with Gasteiger partial charge in [-0.25, -0.2) is 4.79 Å². The van der Waals surface area contributed by atoms with Crippen LogP contribution in [-0.2, 0) is 11.8 Å². The van der Waals surface area contributed by atoms with Crippen LogP contribution in [0.3, 0.4) is 0 Å². The van der Waals surface area contributed by atoms with E-state index in [2.05, 4.69) is 15.7 Å². The van der Waals surface area contributed by atoms with Crippen molar-refractivity contribution in [2.45, 2.75) is 0 Å². The Kier molecular flexibility index (Phi) is 6.93. The molecule has 0 unspecified atom stereocenters. The lowest BCUT2D eigenvalue weighted by Gasteiger charge is -2.07. The Morgan fingerprint density at radius 1 is 0.857 bits per heavy atom. The zero-order chi connectivity index (χ0) is 24.9. The molecule has 4 rings (SSSR count). The van der Waals surface area contributed by atoms with Crippen molar-refractivity contribution < 1.29 is 19.1 Å². The molecular weight excluding hydrogens is 468 g/mol. The van der Waals surface area contributed by atoms with Crippen LogP contribution in [0.1, 0.15) is 31.1 Å². The fraction of sp³-hybridized carbons (Fsp3) is 0.0769. The van der Waals surface area contributed by atoms with Crippen LogP contribution in [0.5, 0.6) is 0 Å². The highest BCUT2D eigenvalue weighted by Gasteiger charge is 2.15. The molecule has 0 bridgehead atoms. The van der Waals surface area contributed by atoms with Crippen molar-refractivity contribution in [3.63, 3.8) is 0 Å². The maximum absolute atomic E-state index is 12.7. The van der Waals surface area contributed by atoms with E-state index < -0.39 is 5.97 Å². The van der Waals surface area contributed by atoms with Gasteiger partial charge in [0.25, 0.3) is 11.8 Å². The number of amides is 2. The molecule has 4 aromatic rings. The van der Waals surface area contributed by atoms with E-state index in [9.17, 15) is 14.4 Å². The number of nitrogens with one attached hydrogen (secondary N) is 2. The van der Waals surface area contributed by atoms with Gasteiger partial charge in [0.15, 0.2) is 0 Å². The number of hydrogen-bond donors (Lipinski definition) is 2. The monoisotopic (exact) mass is 488 g/mol. The van der Waals surface area contributed by atoms with Crippen LogP contribution in [0.25, 0.3) is 11.3 Å². The van der Waals surface area contributed by atoms with E-state index in [1.807, 2.05) is 12.1 Å². The van der Waals surface area contributed by atoms with Crippen molar-refractivity contribution in [1.29, 1.82) is 0 Å². The molecule has 3 aromatic carbocycles. The quantitative estimate of drug-likeness (QED) is 0.370. The molecule has 0 atom stereocenters. The summed E-state index contributed by atoms with van der Waals surface area (Å²) >= 11 is 6.09. The minimum Gasteiger partial charge on any atom is -0.465 e. The number of methoxy groups -OCH3 is 1. The first kappa shape index (κ1) is 23.7. The molecule has 2 amide bonds. The van der Waals surface area contributed by atoms with Gasteiger partial charge in [0.2, 0.25) is 0 Å². The highest BCUT2D eigenvalue weighted by molar-refractivity contribution is 6.34. The fourth-order valence-corrected chi connectivity index (χ4v) is 3.61. The molecule has 0 aliphatic carbocycles. The van der Waals surface area contributed by atoms with Gasteiger partial charge in [0.1, 0.15) is 5.82 Å². The predicted octanol–water partition coefficient (Wildman–Crippen LogP) is 5.03. The molecule has 9 heteroatoms. The number of ether oxygens (including phenoxy) is 1. The minimum atomic E-state index is -0.519. The molecule has 176 valence electrons. The van der Waals surface area contributed by atoms with Gasteiger partial charge in [-0.3, -0.25) is 14.3 Å². The molecule has 1 aromatic heterocycles. The van der Waals surface area contributed by atoms with Gasteiger partial charge < -0.3 is 15.4 Å². The van der Waals surface area contributed by atoms with Crippen LogP contribution in [0.2, 0.25) is 5.02 Å². The van der Waals surface area contributed by atoms with Gasteiger partial charge >= 0.3 is 5.97 Å². The molecule has 0 saturated heterocycles. The van der Waals surface area contributed by atoms with Gasteiger partial charge in [0.05, 0.1) is 29.0 Å². The summed E-state index contributed by atoms with van der Waals surface area (Å²) in [4.78, 5) is 36.9. The number of halogens is 1. The Morgan fingerprint density at radius 3 is 2.29 bits per heavy atom. The van der Waals surface area contributed by atoms with Gasteiger partial charge in [-0.2, -0.15) is 5.10 Å². The number of carbonyl (C=O) groups is 3. The first-order valence-electron chi connectivity index (χ1n) is 10.6. The number of hydrogen-bond acceptors (Lipinski definition) is 5. The molecule has 8 nitrogen and oxygen atoms in total. The van der Waals surface area contributed by atoms with Crippen LogP contribution in [-0.4, -0.2) is 34.7 Å². The maximum Gasteiger partial charge on any atom is 0.337 e. The second kappa shape index (κ2) is 10.2.